The number of fused-ring (bicyclic) bond motifs is 2. The number of nitrogens with one attached hydrogen (secondary N) is 1. The van der Waals surface area contributed by atoms with E-state index in [4.69, 9.17) is 35.2 Å². The molecule has 0 radical (unpaired) electrons. The summed E-state index contributed by atoms with van der Waals surface area (Å²) < 4.78 is 49.6. The van der Waals surface area contributed by atoms with Gasteiger partial charge in [0.25, 0.3) is 0 Å². The van der Waals surface area contributed by atoms with Crippen LogP contribution in [-0.4, -0.2) is 33.5 Å². The Labute approximate surface area is 235 Å². The molecule has 1 unspecified atom stereocenters. The summed E-state index contributed by atoms with van der Waals surface area (Å²) in [4.78, 5) is 15.9. The van der Waals surface area contributed by atoms with Gasteiger partial charge in [-0.15, -0.1) is 0 Å². The first-order valence-electron chi connectivity index (χ1n) is 14.0. The predicted octanol–water partition coefficient (Wildman–Crippen LogP) is 6.72. The van der Waals surface area contributed by atoms with E-state index < -0.39 is 18.1 Å². The number of nitrogens with zero attached hydrogens (tertiary/aromatic N) is 3. The third-order valence-corrected chi connectivity index (χ3v) is 8.46. The first-order chi connectivity index (χ1) is 19.7. The first-order valence-corrected chi connectivity index (χ1v) is 13.7. The van der Waals surface area contributed by atoms with E-state index in [1.54, 1.807) is 30.3 Å². The zero-order chi connectivity index (χ0) is 28.5. The largest absolute Gasteiger partial charge is 0.439 e. The van der Waals surface area contributed by atoms with E-state index in [0.29, 0.717) is 34.2 Å². The highest BCUT2D eigenvalue weighted by atomic mass is 35.5. The lowest BCUT2D eigenvalue weighted by molar-refractivity contribution is 0.0147. The van der Waals surface area contributed by atoms with E-state index in [1.807, 2.05) is 0 Å². The number of aromatic amines is 1. The summed E-state index contributed by atoms with van der Waals surface area (Å²) in [5, 5.41) is 8.50. The maximum atomic E-state index is 15.0. The van der Waals surface area contributed by atoms with Crippen LogP contribution >= 0.6 is 23.2 Å². The summed E-state index contributed by atoms with van der Waals surface area (Å²) in [6.45, 7) is -2.20. The second kappa shape index (κ2) is 9.80. The molecule has 1 aliphatic carbocycles. The summed E-state index contributed by atoms with van der Waals surface area (Å²) in [6, 6.07) is 10.0. The quantitative estimate of drug-likeness (QED) is 0.262. The van der Waals surface area contributed by atoms with Crippen LogP contribution in [0.25, 0.3) is 22.6 Å². The Kier molecular flexibility index (Phi) is 5.69. The van der Waals surface area contributed by atoms with Crippen molar-refractivity contribution in [2.24, 2.45) is 0 Å². The average molecular weight is 573 g/mol. The summed E-state index contributed by atoms with van der Waals surface area (Å²) in [5.41, 5.74) is 1.79. The molecule has 7 rings (SSSR count). The standard InChI is InChI=1S/C28H25Cl2FN4O4/c29-21-2-1-3-22(30)24(21)25-20(26(38-33-25)14-4-5-14)13-37-18-10-15-6-7-16(11-18)35(15)17-8-9-19(23(31)12-17)27-32-28(36)39-34-27/h1-3,8-9,12,14-16,18H,4-7,10-11,13H2,(H,32,34,36)/t15-,16+,18?/i13D2. The molecule has 11 heteroatoms. The molecule has 202 valence electrons. The van der Waals surface area contributed by atoms with Gasteiger partial charge in [-0.05, 0) is 68.9 Å². The number of hydrogen-bond donors (Lipinski definition) is 1. The zero-order valence-corrected chi connectivity index (χ0v) is 22.1. The molecule has 0 spiro atoms. The van der Waals surface area contributed by atoms with Crippen LogP contribution in [0.3, 0.4) is 0 Å². The van der Waals surface area contributed by atoms with Gasteiger partial charge in [0.1, 0.15) is 17.3 Å². The number of anilines is 1. The third-order valence-electron chi connectivity index (χ3n) is 7.83. The lowest BCUT2D eigenvalue weighted by Gasteiger charge is -2.40. The normalized spacial score (nSPS) is 23.7. The van der Waals surface area contributed by atoms with E-state index in [-0.39, 0.29) is 46.8 Å². The Morgan fingerprint density at radius 2 is 1.82 bits per heavy atom. The maximum Gasteiger partial charge on any atom is 0.439 e. The Balaban J connectivity index is 1.14. The van der Waals surface area contributed by atoms with Crippen molar-refractivity contribution < 1.29 is 20.9 Å². The number of H-pyrrole nitrogens is 1. The Morgan fingerprint density at radius 1 is 1.08 bits per heavy atom. The number of benzene rings is 2. The van der Waals surface area contributed by atoms with Gasteiger partial charge in [0, 0.05) is 34.8 Å². The number of piperidine rings is 1. The van der Waals surface area contributed by atoms with Gasteiger partial charge in [0.2, 0.25) is 0 Å². The fourth-order valence-corrected chi connectivity index (χ4v) is 6.49. The maximum absolute atomic E-state index is 15.0. The number of aromatic nitrogens is 3. The van der Waals surface area contributed by atoms with Gasteiger partial charge in [-0.3, -0.25) is 9.51 Å². The highest BCUT2D eigenvalue weighted by Crippen LogP contribution is 2.47. The summed E-state index contributed by atoms with van der Waals surface area (Å²) in [6.07, 6.45) is 4.31. The molecule has 4 heterocycles. The zero-order valence-electron chi connectivity index (χ0n) is 22.6. The van der Waals surface area contributed by atoms with Gasteiger partial charge < -0.3 is 14.2 Å². The number of rotatable bonds is 7. The Hall–Kier alpha value is -3.14. The van der Waals surface area contributed by atoms with Crippen molar-refractivity contribution in [2.75, 3.05) is 4.90 Å². The lowest BCUT2D eigenvalue weighted by atomic mass is 9.98. The topological polar surface area (TPSA) is 97.4 Å². The van der Waals surface area contributed by atoms with Gasteiger partial charge >= 0.3 is 5.76 Å². The van der Waals surface area contributed by atoms with E-state index in [2.05, 4.69) is 24.7 Å². The van der Waals surface area contributed by atoms with Crippen molar-refractivity contribution in [3.63, 3.8) is 0 Å². The summed E-state index contributed by atoms with van der Waals surface area (Å²) in [7, 11) is 0. The monoisotopic (exact) mass is 572 g/mol. The SMILES string of the molecule is [2H]C([2H])(OC1C[C@H]2CC[C@@H](C1)N2c1ccc(-c2noc(=O)[nH]2)c(F)c1)c1c(-c2c(Cl)cccc2Cl)noc1C1CC1. The van der Waals surface area contributed by atoms with Crippen LogP contribution in [0.15, 0.2) is 50.2 Å². The fourth-order valence-electron chi connectivity index (χ4n) is 5.91. The molecule has 2 aromatic heterocycles. The highest BCUT2D eigenvalue weighted by Gasteiger charge is 2.42. The van der Waals surface area contributed by atoms with Crippen molar-refractivity contribution in [2.45, 2.75) is 69.2 Å². The predicted molar refractivity (Wildman–Crippen MR) is 144 cm³/mol. The molecule has 2 aromatic carbocycles. The van der Waals surface area contributed by atoms with Crippen molar-refractivity contribution in [3.05, 3.63) is 74.1 Å². The summed E-state index contributed by atoms with van der Waals surface area (Å²) >= 11 is 12.9. The summed E-state index contributed by atoms with van der Waals surface area (Å²) in [5.74, 6) is -0.677. The second-order valence-electron chi connectivity index (χ2n) is 10.4. The molecule has 3 aliphatic rings. The van der Waals surface area contributed by atoms with Gasteiger partial charge in [0.15, 0.2) is 5.82 Å². The van der Waals surface area contributed by atoms with E-state index in [9.17, 15) is 4.79 Å². The van der Waals surface area contributed by atoms with Crippen molar-refractivity contribution in [1.29, 1.82) is 0 Å². The van der Waals surface area contributed by atoms with Crippen LogP contribution in [0, 0.1) is 5.82 Å². The third kappa shape index (κ3) is 4.56. The lowest BCUT2D eigenvalue weighted by Crippen LogP contribution is -2.45. The number of hydrogen-bond acceptors (Lipinski definition) is 7. The second-order valence-corrected chi connectivity index (χ2v) is 11.2. The molecule has 2 saturated heterocycles. The fraction of sp³-hybridized carbons (Fsp3) is 0.393. The Morgan fingerprint density at radius 3 is 2.46 bits per heavy atom. The van der Waals surface area contributed by atoms with Crippen LogP contribution in [0.5, 0.6) is 0 Å². The molecule has 3 fully saturated rings. The minimum absolute atomic E-state index is 0.0353. The van der Waals surface area contributed by atoms with E-state index in [1.165, 1.54) is 6.07 Å². The van der Waals surface area contributed by atoms with Crippen molar-refractivity contribution in [1.82, 2.24) is 15.3 Å². The Bertz CT molecular complexity index is 1650. The molecule has 2 aliphatic heterocycles. The van der Waals surface area contributed by atoms with Crippen LogP contribution in [0.4, 0.5) is 10.1 Å². The minimum Gasteiger partial charge on any atom is -0.373 e. The highest BCUT2D eigenvalue weighted by molar-refractivity contribution is 6.39. The van der Waals surface area contributed by atoms with Crippen LogP contribution in [0.1, 0.15) is 58.5 Å². The van der Waals surface area contributed by atoms with Gasteiger partial charge in [-0.25, -0.2) is 9.18 Å². The molecular weight excluding hydrogens is 546 g/mol. The molecule has 8 nitrogen and oxygen atoms in total. The molecular formula is C28H25Cl2FN4O4. The minimum atomic E-state index is -2.20. The van der Waals surface area contributed by atoms with Crippen molar-refractivity contribution in [3.8, 4) is 22.6 Å². The molecule has 3 atom stereocenters. The van der Waals surface area contributed by atoms with Gasteiger partial charge in [0.05, 0.1) is 31.0 Å². The van der Waals surface area contributed by atoms with Gasteiger partial charge in [-0.1, -0.05) is 39.6 Å². The van der Waals surface area contributed by atoms with E-state index in [0.717, 1.165) is 31.4 Å². The van der Waals surface area contributed by atoms with Gasteiger partial charge in [-0.2, -0.15) is 0 Å². The van der Waals surface area contributed by atoms with Crippen molar-refractivity contribution >= 4 is 28.9 Å². The number of ether oxygens (including phenoxy) is 1. The average Bonchev–Trinajstić information content (AvgIpc) is 3.42. The molecule has 4 aromatic rings. The van der Waals surface area contributed by atoms with Crippen LogP contribution in [0.2, 0.25) is 10.0 Å². The first kappa shape index (κ1) is 22.7. The number of halogens is 3. The molecule has 0 amide bonds. The van der Waals surface area contributed by atoms with Crippen LogP contribution in [-0.2, 0) is 11.3 Å². The smallest absolute Gasteiger partial charge is 0.373 e. The van der Waals surface area contributed by atoms with E-state index >= 15 is 4.39 Å². The molecule has 1 N–H and O–H groups in total. The molecule has 2 bridgehead atoms. The molecule has 1 saturated carbocycles. The molecule has 39 heavy (non-hydrogen) atoms. The van der Waals surface area contributed by atoms with Crippen LogP contribution < -0.4 is 10.7 Å².